The van der Waals surface area contributed by atoms with Crippen molar-refractivity contribution in [3.63, 3.8) is 0 Å². The molecule has 33 heavy (non-hydrogen) atoms. The van der Waals surface area contributed by atoms with Gasteiger partial charge in [-0.05, 0) is 56.7 Å². The number of carbonyl (C=O) groups is 2. The smallest absolute Gasteiger partial charge is 0.410 e. The molecule has 2 aliphatic heterocycles. The summed E-state index contributed by atoms with van der Waals surface area (Å²) in [5.41, 5.74) is 3.95. The summed E-state index contributed by atoms with van der Waals surface area (Å²) < 4.78 is 5.42. The SMILES string of the molecule is Cc1cccc(C)c1C(=O)NCCC(C)N1CCC(N2C(=O)OCC2c2ccccc2)CC1. The van der Waals surface area contributed by atoms with Crippen molar-refractivity contribution >= 4 is 12.0 Å². The van der Waals surface area contributed by atoms with Crippen LogP contribution < -0.4 is 5.32 Å². The predicted molar refractivity (Wildman–Crippen MR) is 129 cm³/mol. The molecular formula is C27H35N3O3. The molecule has 6 nitrogen and oxygen atoms in total. The number of ether oxygens (including phenoxy) is 1. The molecular weight excluding hydrogens is 414 g/mol. The zero-order valence-electron chi connectivity index (χ0n) is 19.9. The Morgan fingerprint density at radius 3 is 2.39 bits per heavy atom. The van der Waals surface area contributed by atoms with Crippen molar-refractivity contribution in [3.8, 4) is 0 Å². The fourth-order valence-electron chi connectivity index (χ4n) is 5.21. The molecule has 2 atom stereocenters. The van der Waals surface area contributed by atoms with Crippen LogP contribution in [-0.4, -0.2) is 60.1 Å². The average Bonchev–Trinajstić information content (AvgIpc) is 3.21. The van der Waals surface area contributed by atoms with Gasteiger partial charge in [-0.2, -0.15) is 0 Å². The van der Waals surface area contributed by atoms with Crippen LogP contribution in [0, 0.1) is 13.8 Å². The van der Waals surface area contributed by atoms with Crippen LogP contribution in [0.15, 0.2) is 48.5 Å². The Bertz CT molecular complexity index is 950. The van der Waals surface area contributed by atoms with E-state index >= 15 is 0 Å². The second-order valence-electron chi connectivity index (χ2n) is 9.34. The third-order valence-electron chi connectivity index (χ3n) is 7.17. The maximum Gasteiger partial charge on any atom is 0.410 e. The lowest BCUT2D eigenvalue weighted by Gasteiger charge is -2.40. The van der Waals surface area contributed by atoms with E-state index in [-0.39, 0.29) is 24.1 Å². The first-order chi connectivity index (χ1) is 16.0. The van der Waals surface area contributed by atoms with Gasteiger partial charge in [-0.1, -0.05) is 48.5 Å². The van der Waals surface area contributed by atoms with Crippen LogP contribution in [0.2, 0.25) is 0 Å². The largest absolute Gasteiger partial charge is 0.447 e. The molecule has 2 fully saturated rings. The topological polar surface area (TPSA) is 61.9 Å². The molecule has 0 bridgehead atoms. The van der Waals surface area contributed by atoms with Gasteiger partial charge in [0.25, 0.3) is 5.91 Å². The van der Waals surface area contributed by atoms with Gasteiger partial charge in [0.15, 0.2) is 0 Å². The van der Waals surface area contributed by atoms with Crippen LogP contribution in [0.3, 0.4) is 0 Å². The van der Waals surface area contributed by atoms with Crippen LogP contribution >= 0.6 is 0 Å². The van der Waals surface area contributed by atoms with Gasteiger partial charge in [-0.15, -0.1) is 0 Å². The van der Waals surface area contributed by atoms with E-state index in [2.05, 4.69) is 29.3 Å². The Kier molecular flexibility index (Phi) is 7.33. The van der Waals surface area contributed by atoms with Gasteiger partial charge in [0.05, 0.1) is 6.04 Å². The molecule has 2 aromatic carbocycles. The molecule has 0 radical (unpaired) electrons. The predicted octanol–water partition coefficient (Wildman–Crippen LogP) is 4.47. The summed E-state index contributed by atoms with van der Waals surface area (Å²) in [6.45, 7) is 9.16. The van der Waals surface area contributed by atoms with Gasteiger partial charge in [0.1, 0.15) is 6.61 Å². The van der Waals surface area contributed by atoms with E-state index in [0.29, 0.717) is 19.2 Å². The van der Waals surface area contributed by atoms with Gasteiger partial charge in [0.2, 0.25) is 0 Å². The zero-order chi connectivity index (χ0) is 23.4. The molecule has 0 aromatic heterocycles. The van der Waals surface area contributed by atoms with E-state index in [9.17, 15) is 9.59 Å². The van der Waals surface area contributed by atoms with Crippen LogP contribution in [0.5, 0.6) is 0 Å². The van der Waals surface area contributed by atoms with Crippen LogP contribution in [0.25, 0.3) is 0 Å². The number of benzene rings is 2. The van der Waals surface area contributed by atoms with E-state index < -0.39 is 0 Å². The summed E-state index contributed by atoms with van der Waals surface area (Å²) in [7, 11) is 0. The minimum Gasteiger partial charge on any atom is -0.447 e. The highest BCUT2D eigenvalue weighted by molar-refractivity contribution is 5.97. The van der Waals surface area contributed by atoms with Crippen molar-refractivity contribution in [1.82, 2.24) is 15.1 Å². The molecule has 4 rings (SSSR count). The van der Waals surface area contributed by atoms with Crippen molar-refractivity contribution in [2.75, 3.05) is 26.2 Å². The Morgan fingerprint density at radius 1 is 1.06 bits per heavy atom. The number of amides is 2. The highest BCUT2D eigenvalue weighted by Gasteiger charge is 2.40. The minimum atomic E-state index is -0.190. The molecule has 2 heterocycles. The molecule has 6 heteroatoms. The number of nitrogens with zero attached hydrogens (tertiary/aromatic N) is 2. The molecule has 2 aromatic rings. The fraction of sp³-hybridized carbons (Fsp3) is 0.481. The van der Waals surface area contributed by atoms with E-state index in [1.54, 1.807) is 0 Å². The van der Waals surface area contributed by atoms with E-state index in [4.69, 9.17) is 4.74 Å². The third kappa shape index (κ3) is 5.22. The standard InChI is InChI=1S/C27H35N3O3/c1-19-8-7-9-20(2)25(19)26(31)28-15-12-21(3)29-16-13-23(14-17-29)30-24(18-33-27(30)32)22-10-5-4-6-11-22/h4-11,21,23-24H,12-18H2,1-3H3,(H,28,31). The fourth-order valence-corrected chi connectivity index (χ4v) is 5.21. The van der Waals surface area contributed by atoms with E-state index in [1.165, 1.54) is 0 Å². The summed E-state index contributed by atoms with van der Waals surface area (Å²) in [5, 5.41) is 3.10. The van der Waals surface area contributed by atoms with Crippen LogP contribution in [-0.2, 0) is 4.74 Å². The number of aryl methyl sites for hydroxylation is 2. The Morgan fingerprint density at radius 2 is 1.73 bits per heavy atom. The van der Waals surface area contributed by atoms with Crippen molar-refractivity contribution in [3.05, 3.63) is 70.8 Å². The molecule has 2 unspecified atom stereocenters. The lowest BCUT2D eigenvalue weighted by Crippen LogP contribution is -2.48. The second-order valence-corrected chi connectivity index (χ2v) is 9.34. The third-order valence-corrected chi connectivity index (χ3v) is 7.17. The van der Waals surface area contributed by atoms with E-state index in [0.717, 1.165) is 54.6 Å². The second kappa shape index (κ2) is 10.4. The molecule has 0 spiro atoms. The Balaban J connectivity index is 1.26. The lowest BCUT2D eigenvalue weighted by atomic mass is 9.98. The average molecular weight is 450 g/mol. The molecule has 0 aliphatic carbocycles. The van der Waals surface area contributed by atoms with Gasteiger partial charge in [-0.25, -0.2) is 4.79 Å². The molecule has 1 N–H and O–H groups in total. The van der Waals surface area contributed by atoms with Gasteiger partial charge in [-0.3, -0.25) is 9.69 Å². The van der Waals surface area contributed by atoms with E-state index in [1.807, 2.05) is 55.1 Å². The summed E-state index contributed by atoms with van der Waals surface area (Å²) in [5.74, 6) is 0.0102. The number of cyclic esters (lactones) is 1. The number of rotatable bonds is 7. The summed E-state index contributed by atoms with van der Waals surface area (Å²) >= 11 is 0. The quantitative estimate of drug-likeness (QED) is 0.678. The normalized spacial score (nSPS) is 20.5. The summed E-state index contributed by atoms with van der Waals surface area (Å²) in [6.07, 6.45) is 2.60. The number of hydrogen-bond acceptors (Lipinski definition) is 4. The zero-order valence-corrected chi connectivity index (χ0v) is 19.9. The molecule has 2 amide bonds. The van der Waals surface area contributed by atoms with Crippen molar-refractivity contribution < 1.29 is 14.3 Å². The number of hydrogen-bond donors (Lipinski definition) is 1. The lowest BCUT2D eigenvalue weighted by molar-refractivity contribution is 0.0866. The summed E-state index contributed by atoms with van der Waals surface area (Å²) in [4.78, 5) is 29.6. The first kappa shape index (κ1) is 23.3. The van der Waals surface area contributed by atoms with Crippen molar-refractivity contribution in [2.45, 2.75) is 58.2 Å². The molecule has 0 saturated carbocycles. The highest BCUT2D eigenvalue weighted by atomic mass is 16.6. The number of carbonyl (C=O) groups excluding carboxylic acids is 2. The Hall–Kier alpha value is -2.86. The molecule has 2 aliphatic rings. The maximum absolute atomic E-state index is 12.6. The number of likely N-dealkylation sites (tertiary alicyclic amines) is 1. The number of nitrogens with one attached hydrogen (secondary N) is 1. The maximum atomic E-state index is 12.6. The van der Waals surface area contributed by atoms with Gasteiger partial charge in [0, 0.05) is 37.3 Å². The van der Waals surface area contributed by atoms with Crippen molar-refractivity contribution in [1.29, 1.82) is 0 Å². The molecule has 176 valence electrons. The highest BCUT2D eigenvalue weighted by Crippen LogP contribution is 2.33. The first-order valence-electron chi connectivity index (χ1n) is 12.0. The van der Waals surface area contributed by atoms with Crippen LogP contribution in [0.4, 0.5) is 4.79 Å². The van der Waals surface area contributed by atoms with Crippen molar-refractivity contribution in [2.24, 2.45) is 0 Å². The minimum absolute atomic E-state index is 0.00721. The Labute approximate surface area is 196 Å². The summed E-state index contributed by atoms with van der Waals surface area (Å²) in [6, 6.07) is 16.7. The van der Waals surface area contributed by atoms with Crippen LogP contribution in [0.1, 0.15) is 59.3 Å². The first-order valence-corrected chi connectivity index (χ1v) is 12.0. The van der Waals surface area contributed by atoms with Gasteiger partial charge < -0.3 is 15.0 Å². The monoisotopic (exact) mass is 449 g/mol. The molecule has 2 saturated heterocycles. The number of piperidine rings is 1. The van der Waals surface area contributed by atoms with Gasteiger partial charge >= 0.3 is 6.09 Å².